The highest BCUT2D eigenvalue weighted by molar-refractivity contribution is 9.11. The fourth-order valence-electron chi connectivity index (χ4n) is 2.06. The highest BCUT2D eigenvalue weighted by Crippen LogP contribution is 2.22. The topological polar surface area (TPSA) is 29.3 Å². The van der Waals surface area contributed by atoms with Gasteiger partial charge in [-0.3, -0.25) is 0 Å². The molecular weight excluding hydrogens is 339 g/mol. The summed E-state index contributed by atoms with van der Waals surface area (Å²) >= 11 is 5.17. The second-order valence-electron chi connectivity index (χ2n) is 4.94. The third-order valence-corrected chi connectivity index (χ3v) is 4.75. The van der Waals surface area contributed by atoms with Crippen molar-refractivity contribution < 1.29 is 4.39 Å². The van der Waals surface area contributed by atoms with Crippen molar-refractivity contribution in [1.29, 1.82) is 0 Å². The summed E-state index contributed by atoms with van der Waals surface area (Å²) < 4.78 is 14.0. The molecule has 0 bridgehead atoms. The normalized spacial score (nSPS) is 12.8. The van der Waals surface area contributed by atoms with E-state index >= 15 is 0 Å². The second kappa shape index (κ2) is 7.31. The molecule has 1 aromatic carbocycles. The summed E-state index contributed by atoms with van der Waals surface area (Å²) in [6.45, 7) is 1.82. The first-order valence-electron chi connectivity index (χ1n) is 6.47. The minimum atomic E-state index is -0.221. The molecule has 0 amide bonds. The van der Waals surface area contributed by atoms with Gasteiger partial charge in [-0.1, -0.05) is 12.1 Å². The highest BCUT2D eigenvalue weighted by Gasteiger charge is 2.09. The number of rotatable bonds is 6. The Hall–Kier alpha value is -0.750. The Morgan fingerprint density at radius 3 is 2.65 bits per heavy atom. The lowest BCUT2D eigenvalue weighted by molar-refractivity contribution is 0.312. The van der Waals surface area contributed by atoms with Gasteiger partial charge in [-0.25, -0.2) is 4.39 Å². The van der Waals surface area contributed by atoms with E-state index in [0.29, 0.717) is 0 Å². The molecule has 0 aliphatic carbocycles. The van der Waals surface area contributed by atoms with Gasteiger partial charge in [0, 0.05) is 12.6 Å². The molecular formula is C15H18BrFN2S. The summed E-state index contributed by atoms with van der Waals surface area (Å²) in [6.07, 6.45) is 0.855. The van der Waals surface area contributed by atoms with Gasteiger partial charge in [0.2, 0.25) is 0 Å². The summed E-state index contributed by atoms with van der Waals surface area (Å²) in [5, 5.41) is 2.15. The molecule has 0 aliphatic heterocycles. The van der Waals surface area contributed by atoms with E-state index in [2.05, 4.69) is 39.3 Å². The maximum Gasteiger partial charge on any atom is 0.123 e. The van der Waals surface area contributed by atoms with Gasteiger partial charge >= 0.3 is 0 Å². The quantitative estimate of drug-likeness (QED) is 0.841. The van der Waals surface area contributed by atoms with Crippen molar-refractivity contribution in [2.24, 2.45) is 5.73 Å². The largest absolute Gasteiger partial charge is 0.324 e. The molecule has 1 unspecified atom stereocenters. The van der Waals surface area contributed by atoms with Crippen LogP contribution in [0, 0.1) is 5.82 Å². The van der Waals surface area contributed by atoms with Crippen molar-refractivity contribution in [1.82, 2.24) is 4.90 Å². The van der Waals surface area contributed by atoms with Gasteiger partial charge in [0.25, 0.3) is 0 Å². The molecule has 20 heavy (non-hydrogen) atoms. The van der Waals surface area contributed by atoms with Crippen LogP contribution in [0.25, 0.3) is 0 Å². The number of hydrogen-bond donors (Lipinski definition) is 1. The predicted molar refractivity (Wildman–Crippen MR) is 86.3 cm³/mol. The lowest BCUT2D eigenvalue weighted by atomic mass is 10.0. The van der Waals surface area contributed by atoms with Crippen molar-refractivity contribution in [3.63, 3.8) is 0 Å². The molecule has 2 aromatic rings. The molecule has 1 aromatic heterocycles. The molecule has 0 aliphatic rings. The Morgan fingerprint density at radius 1 is 1.35 bits per heavy atom. The molecule has 2 rings (SSSR count). The van der Waals surface area contributed by atoms with E-state index in [1.807, 2.05) is 0 Å². The molecule has 2 nitrogen and oxygen atoms in total. The maximum atomic E-state index is 12.9. The summed E-state index contributed by atoms with van der Waals surface area (Å²) in [5.74, 6) is -0.221. The number of hydrogen-bond acceptors (Lipinski definition) is 3. The van der Waals surface area contributed by atoms with E-state index in [9.17, 15) is 4.39 Å². The van der Waals surface area contributed by atoms with Crippen molar-refractivity contribution in [2.45, 2.75) is 19.0 Å². The average molecular weight is 357 g/mol. The molecule has 0 saturated carbocycles. The first kappa shape index (κ1) is 15.6. The van der Waals surface area contributed by atoms with Crippen LogP contribution >= 0.6 is 27.3 Å². The zero-order valence-corrected chi connectivity index (χ0v) is 13.8. The number of halogens is 2. The third kappa shape index (κ3) is 4.66. The van der Waals surface area contributed by atoms with E-state index in [0.717, 1.165) is 28.9 Å². The fourth-order valence-corrected chi connectivity index (χ4v) is 3.26. The van der Waals surface area contributed by atoms with E-state index in [1.165, 1.54) is 17.7 Å². The van der Waals surface area contributed by atoms with Gasteiger partial charge in [0.15, 0.2) is 0 Å². The number of benzene rings is 1. The van der Waals surface area contributed by atoms with Gasteiger partial charge in [-0.2, -0.15) is 0 Å². The monoisotopic (exact) mass is 356 g/mol. The van der Waals surface area contributed by atoms with Gasteiger partial charge < -0.3 is 10.6 Å². The molecule has 1 heterocycles. The zero-order chi connectivity index (χ0) is 14.5. The standard InChI is InChI=1S/C15H18BrFN2S/c1-19(9-11-8-15(16)20-10-11)7-6-14(18)12-2-4-13(17)5-3-12/h2-5,8,10,14H,6-7,9,18H2,1H3. The average Bonchev–Trinajstić information content (AvgIpc) is 2.82. The minimum absolute atomic E-state index is 0.0488. The van der Waals surface area contributed by atoms with Crippen LogP contribution in [0.4, 0.5) is 4.39 Å². The van der Waals surface area contributed by atoms with Crippen molar-refractivity contribution in [2.75, 3.05) is 13.6 Å². The number of nitrogens with two attached hydrogens (primary N) is 1. The first-order valence-corrected chi connectivity index (χ1v) is 8.14. The molecule has 0 saturated heterocycles. The van der Waals surface area contributed by atoms with E-state index in [-0.39, 0.29) is 11.9 Å². The first-order chi connectivity index (χ1) is 9.54. The van der Waals surface area contributed by atoms with Gasteiger partial charge in [0.1, 0.15) is 5.82 Å². The highest BCUT2D eigenvalue weighted by atomic mass is 79.9. The SMILES string of the molecule is CN(CCC(N)c1ccc(F)cc1)Cc1csc(Br)c1. The Balaban J connectivity index is 1.80. The van der Waals surface area contributed by atoms with Crippen molar-refractivity contribution in [3.8, 4) is 0 Å². The van der Waals surface area contributed by atoms with Crippen LogP contribution in [0.5, 0.6) is 0 Å². The molecule has 0 fully saturated rings. The Bertz CT molecular complexity index is 541. The second-order valence-corrected chi connectivity index (χ2v) is 7.23. The molecule has 2 N–H and O–H groups in total. The van der Waals surface area contributed by atoms with E-state index in [4.69, 9.17) is 5.73 Å². The van der Waals surface area contributed by atoms with Crippen LogP contribution in [0.15, 0.2) is 39.5 Å². The summed E-state index contributed by atoms with van der Waals surface area (Å²) in [7, 11) is 2.09. The van der Waals surface area contributed by atoms with Gasteiger partial charge in [0.05, 0.1) is 3.79 Å². The van der Waals surface area contributed by atoms with Crippen LogP contribution in [-0.4, -0.2) is 18.5 Å². The smallest absolute Gasteiger partial charge is 0.123 e. The van der Waals surface area contributed by atoms with Crippen molar-refractivity contribution in [3.05, 3.63) is 56.4 Å². The van der Waals surface area contributed by atoms with Crippen LogP contribution in [0.2, 0.25) is 0 Å². The molecule has 1 atom stereocenters. The maximum absolute atomic E-state index is 12.9. The minimum Gasteiger partial charge on any atom is -0.324 e. The van der Waals surface area contributed by atoms with Crippen molar-refractivity contribution >= 4 is 27.3 Å². The Labute approximate surface area is 131 Å². The predicted octanol–water partition coefficient (Wildman–Crippen LogP) is 4.17. The molecule has 5 heteroatoms. The Morgan fingerprint density at radius 2 is 2.05 bits per heavy atom. The summed E-state index contributed by atoms with van der Waals surface area (Å²) in [4.78, 5) is 2.25. The third-order valence-electron chi connectivity index (χ3n) is 3.19. The van der Waals surface area contributed by atoms with E-state index < -0.39 is 0 Å². The zero-order valence-electron chi connectivity index (χ0n) is 11.4. The van der Waals surface area contributed by atoms with Crippen LogP contribution < -0.4 is 5.73 Å². The fraction of sp³-hybridized carbons (Fsp3) is 0.333. The van der Waals surface area contributed by atoms with Crippen LogP contribution in [0.1, 0.15) is 23.6 Å². The Kier molecular flexibility index (Phi) is 5.72. The number of nitrogens with zero attached hydrogens (tertiary/aromatic N) is 1. The van der Waals surface area contributed by atoms with E-state index in [1.54, 1.807) is 23.5 Å². The van der Waals surface area contributed by atoms with Crippen LogP contribution in [0.3, 0.4) is 0 Å². The summed E-state index contributed by atoms with van der Waals surface area (Å²) in [5.41, 5.74) is 8.43. The lowest BCUT2D eigenvalue weighted by Crippen LogP contribution is -2.23. The molecule has 0 radical (unpaired) electrons. The van der Waals surface area contributed by atoms with Gasteiger partial charge in [-0.15, -0.1) is 11.3 Å². The number of thiophene rings is 1. The lowest BCUT2D eigenvalue weighted by Gasteiger charge is -2.19. The van der Waals surface area contributed by atoms with Crippen LogP contribution in [-0.2, 0) is 6.54 Å². The molecule has 0 spiro atoms. The van der Waals surface area contributed by atoms with Gasteiger partial charge in [-0.05, 0) is 70.6 Å². The summed E-state index contributed by atoms with van der Waals surface area (Å²) in [6, 6.07) is 8.53. The molecule has 108 valence electrons.